The molecular weight excluding hydrogens is 205 g/mol. The molecule has 0 aromatic rings. The molecule has 0 N–H and O–H groups in total. The standard InChI is InChI=1S/C11H13F3O/c12-9(10(13)14)7-6-8(15)11(7)4-2-1-3-5-11/h7H,1-6H2. The van der Waals surface area contributed by atoms with E-state index >= 15 is 0 Å². The molecule has 2 aliphatic carbocycles. The van der Waals surface area contributed by atoms with E-state index < -0.39 is 23.2 Å². The molecule has 2 rings (SSSR count). The molecular formula is C11H13F3O. The van der Waals surface area contributed by atoms with Crippen molar-refractivity contribution in [1.29, 1.82) is 0 Å². The van der Waals surface area contributed by atoms with Crippen molar-refractivity contribution in [2.24, 2.45) is 11.3 Å². The van der Waals surface area contributed by atoms with Crippen LogP contribution in [0.25, 0.3) is 0 Å². The molecule has 0 heterocycles. The van der Waals surface area contributed by atoms with E-state index in [0.29, 0.717) is 12.8 Å². The Hall–Kier alpha value is -0.800. The van der Waals surface area contributed by atoms with Crippen LogP contribution in [0.1, 0.15) is 38.5 Å². The number of ketones is 1. The lowest BCUT2D eigenvalue weighted by molar-refractivity contribution is -0.148. The molecule has 1 atom stereocenters. The number of halogens is 3. The maximum Gasteiger partial charge on any atom is 0.301 e. The van der Waals surface area contributed by atoms with E-state index in [2.05, 4.69) is 0 Å². The van der Waals surface area contributed by atoms with Gasteiger partial charge in [-0.15, -0.1) is 0 Å². The fraction of sp³-hybridized carbons (Fsp3) is 0.727. The third-order valence-corrected chi connectivity index (χ3v) is 3.84. The molecule has 0 saturated heterocycles. The Morgan fingerprint density at radius 3 is 2.20 bits per heavy atom. The van der Waals surface area contributed by atoms with Crippen LogP contribution in [-0.2, 0) is 4.79 Å². The van der Waals surface area contributed by atoms with Crippen molar-refractivity contribution < 1.29 is 18.0 Å². The summed E-state index contributed by atoms with van der Waals surface area (Å²) in [4.78, 5) is 11.5. The minimum absolute atomic E-state index is 0.0244. The number of hydrogen-bond acceptors (Lipinski definition) is 1. The number of carbonyl (C=O) groups excluding carboxylic acids is 1. The van der Waals surface area contributed by atoms with Gasteiger partial charge in [0.25, 0.3) is 0 Å². The molecule has 0 aromatic heterocycles. The first-order valence-corrected chi connectivity index (χ1v) is 5.32. The minimum atomic E-state index is -2.25. The maximum atomic E-state index is 13.2. The van der Waals surface area contributed by atoms with Crippen LogP contribution < -0.4 is 0 Å². The Morgan fingerprint density at radius 1 is 1.13 bits per heavy atom. The fourth-order valence-corrected chi connectivity index (χ4v) is 2.92. The van der Waals surface area contributed by atoms with Crippen molar-refractivity contribution in [1.82, 2.24) is 0 Å². The van der Waals surface area contributed by atoms with E-state index in [-0.39, 0.29) is 12.2 Å². The van der Waals surface area contributed by atoms with Gasteiger partial charge in [0.2, 0.25) is 0 Å². The summed E-state index contributed by atoms with van der Waals surface area (Å²) in [5.41, 5.74) is -0.772. The zero-order valence-electron chi connectivity index (χ0n) is 8.36. The van der Waals surface area contributed by atoms with Crippen molar-refractivity contribution in [3.8, 4) is 0 Å². The first kappa shape index (κ1) is 10.7. The van der Waals surface area contributed by atoms with E-state index in [1.54, 1.807) is 0 Å². The van der Waals surface area contributed by atoms with Gasteiger partial charge in [-0.2, -0.15) is 8.78 Å². The average Bonchev–Trinajstić information content (AvgIpc) is 2.26. The highest BCUT2D eigenvalue weighted by Crippen LogP contribution is 2.56. The van der Waals surface area contributed by atoms with Crippen LogP contribution in [0.3, 0.4) is 0 Å². The molecule has 2 aliphatic rings. The topological polar surface area (TPSA) is 17.1 Å². The summed E-state index contributed by atoms with van der Waals surface area (Å²) < 4.78 is 37.5. The van der Waals surface area contributed by atoms with Crippen molar-refractivity contribution in [2.75, 3.05) is 0 Å². The Bertz CT molecular complexity index is 312. The van der Waals surface area contributed by atoms with Crippen LogP contribution in [0, 0.1) is 11.3 Å². The zero-order chi connectivity index (χ0) is 11.1. The van der Waals surface area contributed by atoms with Gasteiger partial charge >= 0.3 is 6.08 Å². The largest absolute Gasteiger partial charge is 0.301 e. The molecule has 0 aliphatic heterocycles. The van der Waals surface area contributed by atoms with Gasteiger partial charge in [0.1, 0.15) is 5.78 Å². The maximum absolute atomic E-state index is 13.2. The number of allylic oxidation sites excluding steroid dienone is 1. The lowest BCUT2D eigenvalue weighted by atomic mass is 9.52. The van der Waals surface area contributed by atoms with E-state index in [1.807, 2.05) is 0 Å². The van der Waals surface area contributed by atoms with Crippen LogP contribution in [-0.4, -0.2) is 5.78 Å². The Kier molecular flexibility index (Phi) is 2.61. The molecule has 0 aromatic carbocycles. The average molecular weight is 218 g/mol. The smallest absolute Gasteiger partial charge is 0.299 e. The summed E-state index contributed by atoms with van der Waals surface area (Å²) in [5.74, 6) is -2.21. The van der Waals surface area contributed by atoms with Crippen LogP contribution in [0.5, 0.6) is 0 Å². The number of hydrogen-bond donors (Lipinski definition) is 0. The van der Waals surface area contributed by atoms with Gasteiger partial charge in [0.15, 0.2) is 5.83 Å². The van der Waals surface area contributed by atoms with E-state index in [4.69, 9.17) is 0 Å². The van der Waals surface area contributed by atoms with Crippen LogP contribution >= 0.6 is 0 Å². The summed E-state index contributed by atoms with van der Waals surface area (Å²) in [5, 5.41) is 0. The highest BCUT2D eigenvalue weighted by atomic mass is 19.3. The molecule has 15 heavy (non-hydrogen) atoms. The van der Waals surface area contributed by atoms with E-state index in [9.17, 15) is 18.0 Å². The third-order valence-electron chi connectivity index (χ3n) is 3.84. The zero-order valence-corrected chi connectivity index (χ0v) is 8.36. The van der Waals surface area contributed by atoms with Gasteiger partial charge in [0.05, 0.1) is 0 Å². The molecule has 84 valence electrons. The van der Waals surface area contributed by atoms with Crippen molar-refractivity contribution in [2.45, 2.75) is 38.5 Å². The quantitative estimate of drug-likeness (QED) is 0.657. The van der Waals surface area contributed by atoms with Crippen LogP contribution in [0.2, 0.25) is 0 Å². The van der Waals surface area contributed by atoms with Crippen LogP contribution in [0.15, 0.2) is 11.9 Å². The van der Waals surface area contributed by atoms with E-state index in [0.717, 1.165) is 19.3 Å². The van der Waals surface area contributed by atoms with Crippen LogP contribution in [0.4, 0.5) is 13.2 Å². The summed E-state index contributed by atoms with van der Waals surface area (Å²) in [6.45, 7) is 0. The van der Waals surface area contributed by atoms with Crippen molar-refractivity contribution in [3.63, 3.8) is 0 Å². The van der Waals surface area contributed by atoms with Gasteiger partial charge in [-0.3, -0.25) is 4.79 Å². The summed E-state index contributed by atoms with van der Waals surface area (Å²) >= 11 is 0. The fourth-order valence-electron chi connectivity index (χ4n) is 2.92. The molecule has 1 nitrogen and oxygen atoms in total. The normalized spacial score (nSPS) is 28.7. The summed E-state index contributed by atoms with van der Waals surface area (Å²) in [6.07, 6.45) is 1.59. The van der Waals surface area contributed by atoms with Gasteiger partial charge in [-0.05, 0) is 12.8 Å². The van der Waals surface area contributed by atoms with Gasteiger partial charge in [0, 0.05) is 17.8 Å². The molecule has 1 unspecified atom stereocenters. The minimum Gasteiger partial charge on any atom is -0.299 e. The number of Topliss-reactive ketones (excluding diaryl/α,β-unsaturated/α-hetero) is 1. The highest BCUT2D eigenvalue weighted by molar-refractivity contribution is 5.92. The highest BCUT2D eigenvalue weighted by Gasteiger charge is 2.57. The Labute approximate surface area is 86.3 Å². The van der Waals surface area contributed by atoms with Gasteiger partial charge < -0.3 is 0 Å². The Morgan fingerprint density at radius 2 is 1.73 bits per heavy atom. The second-order valence-electron chi connectivity index (χ2n) is 4.51. The first-order chi connectivity index (χ1) is 7.08. The summed E-state index contributed by atoms with van der Waals surface area (Å²) in [7, 11) is 0. The molecule has 0 amide bonds. The monoisotopic (exact) mass is 218 g/mol. The Balaban J connectivity index is 2.22. The lowest BCUT2D eigenvalue weighted by Gasteiger charge is -2.49. The molecule has 2 fully saturated rings. The summed E-state index contributed by atoms with van der Waals surface area (Å²) in [6, 6.07) is 0. The number of carbonyl (C=O) groups is 1. The molecule has 2 saturated carbocycles. The first-order valence-electron chi connectivity index (χ1n) is 5.32. The second-order valence-corrected chi connectivity index (χ2v) is 4.51. The molecule has 0 bridgehead atoms. The van der Waals surface area contributed by atoms with Gasteiger partial charge in [-0.1, -0.05) is 19.3 Å². The SMILES string of the molecule is O=C1CC(C(F)=C(F)F)C12CCCCC2. The molecule has 0 radical (unpaired) electrons. The predicted octanol–water partition coefficient (Wildman–Crippen LogP) is 3.60. The third kappa shape index (κ3) is 1.50. The van der Waals surface area contributed by atoms with Gasteiger partial charge in [-0.25, -0.2) is 4.39 Å². The predicted molar refractivity (Wildman–Crippen MR) is 49.0 cm³/mol. The van der Waals surface area contributed by atoms with Crippen molar-refractivity contribution in [3.05, 3.63) is 11.9 Å². The number of rotatable bonds is 1. The molecule has 1 spiro atoms. The van der Waals surface area contributed by atoms with Crippen molar-refractivity contribution >= 4 is 5.78 Å². The second kappa shape index (κ2) is 3.65. The molecule has 4 heteroatoms. The lowest BCUT2D eigenvalue weighted by Crippen LogP contribution is -2.51. The van der Waals surface area contributed by atoms with E-state index in [1.165, 1.54) is 0 Å².